The monoisotopic (exact) mass is 301 g/mol. The number of anilines is 1. The van der Waals surface area contributed by atoms with E-state index in [4.69, 9.17) is 16.3 Å². The predicted octanol–water partition coefficient (Wildman–Crippen LogP) is 2.80. The van der Waals surface area contributed by atoms with Crippen molar-refractivity contribution in [3.63, 3.8) is 0 Å². The standard InChI is InChI=1S/C13H17ClFN3O2/c1-13(11(19)20-2)5-3-4-8(6-13)17-10-9(15)7-16-12(14)18-10/h7-8H,3-6H2,1-2H3,(H,16,17,18)/t8-,13-/m0/s1. The SMILES string of the molecule is COC(=O)[C@@]1(C)CCC[C@H](Nc2nc(Cl)ncc2F)C1. The highest BCUT2D eigenvalue weighted by Crippen LogP contribution is 2.38. The van der Waals surface area contributed by atoms with Gasteiger partial charge >= 0.3 is 5.97 Å². The zero-order valence-electron chi connectivity index (χ0n) is 11.4. The molecule has 1 fully saturated rings. The summed E-state index contributed by atoms with van der Waals surface area (Å²) in [5.41, 5.74) is -0.544. The highest BCUT2D eigenvalue weighted by molar-refractivity contribution is 6.28. The highest BCUT2D eigenvalue weighted by Gasteiger charge is 2.39. The van der Waals surface area contributed by atoms with Gasteiger partial charge in [-0.1, -0.05) is 6.42 Å². The zero-order chi connectivity index (χ0) is 14.8. The summed E-state index contributed by atoms with van der Waals surface area (Å²) in [6.45, 7) is 1.87. The van der Waals surface area contributed by atoms with Gasteiger partial charge in [0.05, 0.1) is 18.7 Å². The molecule has 1 heterocycles. The van der Waals surface area contributed by atoms with Crippen LogP contribution in [0.4, 0.5) is 10.2 Å². The predicted molar refractivity (Wildman–Crippen MR) is 73.0 cm³/mol. The second-order valence-electron chi connectivity index (χ2n) is 5.33. The maximum Gasteiger partial charge on any atom is 0.311 e. The Labute approximate surface area is 121 Å². The lowest BCUT2D eigenvalue weighted by atomic mass is 9.73. The van der Waals surface area contributed by atoms with Crippen molar-refractivity contribution >= 4 is 23.4 Å². The molecule has 0 aliphatic heterocycles. The van der Waals surface area contributed by atoms with Crippen LogP contribution in [0.2, 0.25) is 5.28 Å². The van der Waals surface area contributed by atoms with Crippen molar-refractivity contribution in [2.24, 2.45) is 5.41 Å². The van der Waals surface area contributed by atoms with Crippen LogP contribution in [0.25, 0.3) is 0 Å². The van der Waals surface area contributed by atoms with Gasteiger partial charge in [0.15, 0.2) is 11.6 Å². The van der Waals surface area contributed by atoms with Crippen molar-refractivity contribution in [2.75, 3.05) is 12.4 Å². The lowest BCUT2D eigenvalue weighted by Gasteiger charge is -2.36. The van der Waals surface area contributed by atoms with Crippen molar-refractivity contribution in [2.45, 2.75) is 38.6 Å². The molecule has 1 N–H and O–H groups in total. The molecule has 1 aromatic heterocycles. The first-order chi connectivity index (χ1) is 9.44. The van der Waals surface area contributed by atoms with Gasteiger partial charge in [0.1, 0.15) is 0 Å². The Bertz CT molecular complexity index is 514. The van der Waals surface area contributed by atoms with Gasteiger partial charge in [0.2, 0.25) is 5.28 Å². The van der Waals surface area contributed by atoms with Gasteiger partial charge in [-0.25, -0.2) is 9.37 Å². The van der Waals surface area contributed by atoms with E-state index >= 15 is 0 Å². The first-order valence-electron chi connectivity index (χ1n) is 6.47. The molecule has 0 saturated heterocycles. The summed E-state index contributed by atoms with van der Waals surface area (Å²) in [5, 5.41) is 2.99. The van der Waals surface area contributed by atoms with Crippen molar-refractivity contribution in [1.29, 1.82) is 0 Å². The van der Waals surface area contributed by atoms with E-state index in [2.05, 4.69) is 15.3 Å². The van der Waals surface area contributed by atoms with E-state index in [9.17, 15) is 9.18 Å². The van der Waals surface area contributed by atoms with Crippen molar-refractivity contribution in [3.05, 3.63) is 17.3 Å². The van der Waals surface area contributed by atoms with E-state index in [-0.39, 0.29) is 23.1 Å². The van der Waals surface area contributed by atoms with Crippen LogP contribution < -0.4 is 5.32 Å². The Hall–Kier alpha value is -1.43. The largest absolute Gasteiger partial charge is 0.469 e. The second-order valence-corrected chi connectivity index (χ2v) is 5.66. The number of aromatic nitrogens is 2. The van der Waals surface area contributed by atoms with Crippen LogP contribution in [0.1, 0.15) is 32.6 Å². The van der Waals surface area contributed by atoms with Crippen LogP contribution in [0, 0.1) is 11.2 Å². The number of rotatable bonds is 3. The fourth-order valence-electron chi connectivity index (χ4n) is 2.68. The van der Waals surface area contributed by atoms with Crippen LogP contribution in [0.5, 0.6) is 0 Å². The molecule has 0 amide bonds. The average molecular weight is 302 g/mol. The number of carbonyl (C=O) groups excluding carboxylic acids is 1. The highest BCUT2D eigenvalue weighted by atomic mass is 35.5. The molecule has 0 spiro atoms. The molecular formula is C13H17ClFN3O2. The van der Waals surface area contributed by atoms with Crippen LogP contribution in [0.3, 0.4) is 0 Å². The van der Waals surface area contributed by atoms with E-state index in [1.807, 2.05) is 6.92 Å². The van der Waals surface area contributed by atoms with Crippen molar-refractivity contribution in [1.82, 2.24) is 9.97 Å². The Morgan fingerprint density at radius 2 is 2.40 bits per heavy atom. The molecule has 0 bridgehead atoms. The lowest BCUT2D eigenvalue weighted by Crippen LogP contribution is -2.39. The molecule has 1 saturated carbocycles. The average Bonchev–Trinajstić information content (AvgIpc) is 2.42. The number of ether oxygens (including phenoxy) is 1. The molecule has 1 aliphatic carbocycles. The van der Waals surface area contributed by atoms with Gasteiger partial charge in [-0.3, -0.25) is 4.79 Å². The summed E-state index contributed by atoms with van der Waals surface area (Å²) >= 11 is 5.66. The fourth-order valence-corrected chi connectivity index (χ4v) is 2.82. The summed E-state index contributed by atoms with van der Waals surface area (Å²) in [7, 11) is 1.38. The molecule has 2 atom stereocenters. The molecule has 0 aromatic carbocycles. The molecule has 20 heavy (non-hydrogen) atoms. The summed E-state index contributed by atoms with van der Waals surface area (Å²) in [6.07, 6.45) is 4.07. The summed E-state index contributed by atoms with van der Waals surface area (Å²) in [5.74, 6) is -0.714. The van der Waals surface area contributed by atoms with Gasteiger partial charge < -0.3 is 10.1 Å². The molecule has 1 aliphatic rings. The number of halogens is 2. The van der Waals surface area contributed by atoms with Crippen LogP contribution in [-0.4, -0.2) is 29.1 Å². The van der Waals surface area contributed by atoms with Crippen LogP contribution in [0.15, 0.2) is 6.20 Å². The summed E-state index contributed by atoms with van der Waals surface area (Å²) < 4.78 is 18.5. The van der Waals surface area contributed by atoms with Crippen molar-refractivity contribution < 1.29 is 13.9 Å². The third kappa shape index (κ3) is 3.17. The van der Waals surface area contributed by atoms with E-state index in [1.165, 1.54) is 7.11 Å². The van der Waals surface area contributed by atoms with Gasteiger partial charge in [0.25, 0.3) is 0 Å². The minimum atomic E-state index is -0.556. The molecule has 7 heteroatoms. The van der Waals surface area contributed by atoms with Gasteiger partial charge in [-0.2, -0.15) is 4.98 Å². The second kappa shape index (κ2) is 5.91. The Balaban J connectivity index is 2.10. The Kier molecular flexibility index (Phi) is 4.42. The molecule has 5 nitrogen and oxygen atoms in total. The topological polar surface area (TPSA) is 64.1 Å². The van der Waals surface area contributed by atoms with Gasteiger partial charge in [0, 0.05) is 6.04 Å². The molecule has 2 rings (SSSR count). The number of esters is 1. The quantitative estimate of drug-likeness (QED) is 0.687. The number of methoxy groups -OCH3 is 1. The molecule has 110 valence electrons. The van der Waals surface area contributed by atoms with E-state index in [1.54, 1.807) is 0 Å². The number of nitrogens with one attached hydrogen (secondary N) is 1. The lowest BCUT2D eigenvalue weighted by molar-refractivity contribution is -0.153. The fraction of sp³-hybridized carbons (Fsp3) is 0.615. The third-order valence-corrected chi connectivity index (χ3v) is 3.89. The number of hydrogen-bond acceptors (Lipinski definition) is 5. The summed E-state index contributed by atoms with van der Waals surface area (Å²) in [4.78, 5) is 19.2. The van der Waals surface area contributed by atoms with Gasteiger partial charge in [-0.05, 0) is 37.8 Å². The van der Waals surface area contributed by atoms with Crippen LogP contribution >= 0.6 is 11.6 Å². The number of carbonyl (C=O) groups is 1. The molecule has 0 unspecified atom stereocenters. The van der Waals surface area contributed by atoms with E-state index < -0.39 is 11.2 Å². The molecule has 1 aromatic rings. The third-order valence-electron chi connectivity index (χ3n) is 3.71. The zero-order valence-corrected chi connectivity index (χ0v) is 12.2. The number of nitrogens with zero attached hydrogens (tertiary/aromatic N) is 2. The van der Waals surface area contributed by atoms with E-state index in [0.717, 1.165) is 25.5 Å². The van der Waals surface area contributed by atoms with Gasteiger partial charge in [-0.15, -0.1) is 0 Å². The smallest absolute Gasteiger partial charge is 0.311 e. The minimum Gasteiger partial charge on any atom is -0.469 e. The maximum atomic E-state index is 13.6. The first-order valence-corrected chi connectivity index (χ1v) is 6.85. The maximum absolute atomic E-state index is 13.6. The normalized spacial score (nSPS) is 26.1. The van der Waals surface area contributed by atoms with Crippen molar-refractivity contribution in [3.8, 4) is 0 Å². The summed E-state index contributed by atoms with van der Waals surface area (Å²) in [6, 6.07) is -0.0479. The molecular weight excluding hydrogens is 285 g/mol. The number of hydrogen-bond donors (Lipinski definition) is 1. The Morgan fingerprint density at radius 3 is 3.10 bits per heavy atom. The van der Waals surface area contributed by atoms with Crippen LogP contribution in [-0.2, 0) is 9.53 Å². The molecule has 0 radical (unpaired) electrons. The first kappa shape index (κ1) is 15.0. The minimum absolute atomic E-state index is 0.0135. The Morgan fingerprint density at radius 1 is 1.65 bits per heavy atom. The van der Waals surface area contributed by atoms with E-state index in [0.29, 0.717) is 6.42 Å².